The molecular weight excluding hydrogens is 296 g/mol. The van der Waals surface area contributed by atoms with Gasteiger partial charge >= 0.3 is 0 Å². The first-order valence-electron chi connectivity index (χ1n) is 8.33. The number of nitrogens with zero attached hydrogens (tertiary/aromatic N) is 1. The second-order valence-electron chi connectivity index (χ2n) is 6.47. The van der Waals surface area contributed by atoms with E-state index in [1.807, 2.05) is 32.0 Å². The maximum absolute atomic E-state index is 11.9. The Morgan fingerprint density at radius 2 is 2.00 bits per heavy atom. The van der Waals surface area contributed by atoms with Gasteiger partial charge in [0.25, 0.3) is 0 Å². The van der Waals surface area contributed by atoms with Crippen molar-refractivity contribution in [3.05, 3.63) is 34.9 Å². The Balaban J connectivity index is 1.97. The van der Waals surface area contributed by atoms with Crippen LogP contribution in [0.3, 0.4) is 0 Å². The molecule has 1 aromatic carbocycles. The first kappa shape index (κ1) is 17.3. The standard InChI is InChI=1S/C18H27ClN2O/c1-14(2)20-18(22)11-12-21(16-8-4-5-9-16)13-15-7-3-6-10-17(15)19/h3,6-7,10,14,16H,4-5,8-9,11-13H2,1-2H3,(H,20,22). The second-order valence-corrected chi connectivity index (χ2v) is 6.88. The number of rotatable bonds is 7. The van der Waals surface area contributed by atoms with Crippen LogP contribution in [0.5, 0.6) is 0 Å². The fourth-order valence-corrected chi connectivity index (χ4v) is 3.34. The van der Waals surface area contributed by atoms with Gasteiger partial charge in [0.1, 0.15) is 0 Å². The van der Waals surface area contributed by atoms with Crippen LogP contribution in [0.1, 0.15) is 51.5 Å². The molecular formula is C18H27ClN2O. The quantitative estimate of drug-likeness (QED) is 0.823. The zero-order chi connectivity index (χ0) is 15.9. The molecule has 0 aromatic heterocycles. The lowest BCUT2D eigenvalue weighted by Crippen LogP contribution is -2.38. The van der Waals surface area contributed by atoms with E-state index in [0.717, 1.165) is 23.7 Å². The molecule has 1 fully saturated rings. The molecule has 2 rings (SSSR count). The summed E-state index contributed by atoms with van der Waals surface area (Å²) in [5.74, 6) is 0.136. The minimum absolute atomic E-state index is 0.136. The van der Waals surface area contributed by atoms with E-state index in [9.17, 15) is 4.79 Å². The zero-order valence-electron chi connectivity index (χ0n) is 13.6. The minimum atomic E-state index is 0.136. The molecule has 0 heterocycles. The highest BCUT2D eigenvalue weighted by Crippen LogP contribution is 2.26. The van der Waals surface area contributed by atoms with Crippen molar-refractivity contribution in [3.8, 4) is 0 Å². The lowest BCUT2D eigenvalue weighted by atomic mass is 10.1. The van der Waals surface area contributed by atoms with Crippen LogP contribution in [0.4, 0.5) is 0 Å². The molecule has 0 aliphatic heterocycles. The molecule has 4 heteroatoms. The molecule has 22 heavy (non-hydrogen) atoms. The molecule has 0 saturated heterocycles. The van der Waals surface area contributed by atoms with Gasteiger partial charge in [-0.1, -0.05) is 42.6 Å². The summed E-state index contributed by atoms with van der Waals surface area (Å²) in [5.41, 5.74) is 1.15. The normalized spacial score (nSPS) is 15.7. The molecule has 0 radical (unpaired) electrons. The second kappa shape index (κ2) is 8.54. The van der Waals surface area contributed by atoms with Gasteiger partial charge in [-0.15, -0.1) is 0 Å². The predicted molar refractivity (Wildman–Crippen MR) is 92.0 cm³/mol. The van der Waals surface area contributed by atoms with Gasteiger partial charge in [0.15, 0.2) is 0 Å². The average molecular weight is 323 g/mol. The molecule has 0 spiro atoms. The molecule has 1 aliphatic carbocycles. The number of nitrogens with one attached hydrogen (secondary N) is 1. The van der Waals surface area contributed by atoms with Crippen molar-refractivity contribution in [2.45, 2.75) is 64.6 Å². The molecule has 0 bridgehead atoms. The maximum atomic E-state index is 11.9. The summed E-state index contributed by atoms with van der Waals surface area (Å²) in [5, 5.41) is 3.79. The van der Waals surface area contributed by atoms with Gasteiger partial charge in [0, 0.05) is 36.6 Å². The van der Waals surface area contributed by atoms with Crippen LogP contribution < -0.4 is 5.32 Å². The SMILES string of the molecule is CC(C)NC(=O)CCN(Cc1ccccc1Cl)C1CCCC1. The first-order valence-corrected chi connectivity index (χ1v) is 8.71. The summed E-state index contributed by atoms with van der Waals surface area (Å²) in [4.78, 5) is 14.4. The maximum Gasteiger partial charge on any atom is 0.221 e. The van der Waals surface area contributed by atoms with Crippen LogP contribution in [0.25, 0.3) is 0 Å². The van der Waals surface area contributed by atoms with E-state index in [1.165, 1.54) is 25.7 Å². The number of carbonyl (C=O) groups excluding carboxylic acids is 1. The largest absolute Gasteiger partial charge is 0.354 e. The van der Waals surface area contributed by atoms with Crippen LogP contribution in [0, 0.1) is 0 Å². The Hall–Kier alpha value is -1.06. The van der Waals surface area contributed by atoms with E-state index in [2.05, 4.69) is 16.3 Å². The highest BCUT2D eigenvalue weighted by molar-refractivity contribution is 6.31. The van der Waals surface area contributed by atoms with Gasteiger partial charge in [-0.05, 0) is 38.3 Å². The third-order valence-corrected chi connectivity index (χ3v) is 4.62. The van der Waals surface area contributed by atoms with Crippen molar-refractivity contribution in [1.29, 1.82) is 0 Å². The lowest BCUT2D eigenvalue weighted by molar-refractivity contribution is -0.122. The fourth-order valence-electron chi connectivity index (χ4n) is 3.14. The van der Waals surface area contributed by atoms with Gasteiger partial charge in [0.05, 0.1) is 0 Å². The van der Waals surface area contributed by atoms with E-state index in [0.29, 0.717) is 12.5 Å². The predicted octanol–water partition coefficient (Wildman–Crippen LogP) is 4.00. The van der Waals surface area contributed by atoms with Crippen LogP contribution in [-0.2, 0) is 11.3 Å². The third-order valence-electron chi connectivity index (χ3n) is 4.25. The monoisotopic (exact) mass is 322 g/mol. The van der Waals surface area contributed by atoms with E-state index in [1.54, 1.807) is 0 Å². The van der Waals surface area contributed by atoms with Gasteiger partial charge in [-0.2, -0.15) is 0 Å². The van der Waals surface area contributed by atoms with E-state index in [-0.39, 0.29) is 11.9 Å². The Morgan fingerprint density at radius 3 is 2.64 bits per heavy atom. The number of benzene rings is 1. The summed E-state index contributed by atoms with van der Waals surface area (Å²) >= 11 is 6.30. The molecule has 0 atom stereocenters. The van der Waals surface area contributed by atoms with Crippen LogP contribution >= 0.6 is 11.6 Å². The summed E-state index contributed by atoms with van der Waals surface area (Å²) < 4.78 is 0. The van der Waals surface area contributed by atoms with Crippen molar-refractivity contribution < 1.29 is 4.79 Å². The number of halogens is 1. The highest BCUT2D eigenvalue weighted by Gasteiger charge is 2.23. The van der Waals surface area contributed by atoms with E-state index >= 15 is 0 Å². The molecule has 1 saturated carbocycles. The van der Waals surface area contributed by atoms with Gasteiger partial charge < -0.3 is 5.32 Å². The Labute approximate surface area is 139 Å². The molecule has 122 valence electrons. The van der Waals surface area contributed by atoms with Crippen molar-refractivity contribution in [3.63, 3.8) is 0 Å². The summed E-state index contributed by atoms with van der Waals surface area (Å²) in [6, 6.07) is 8.80. The van der Waals surface area contributed by atoms with Gasteiger partial charge in [-0.3, -0.25) is 9.69 Å². The van der Waals surface area contributed by atoms with Crippen molar-refractivity contribution >= 4 is 17.5 Å². The van der Waals surface area contributed by atoms with Gasteiger partial charge in [-0.25, -0.2) is 0 Å². The molecule has 3 nitrogen and oxygen atoms in total. The molecule has 1 aliphatic rings. The summed E-state index contributed by atoms with van der Waals surface area (Å²) in [7, 11) is 0. The Morgan fingerprint density at radius 1 is 1.32 bits per heavy atom. The topological polar surface area (TPSA) is 32.3 Å². The molecule has 0 unspecified atom stereocenters. The fraction of sp³-hybridized carbons (Fsp3) is 0.611. The molecule has 1 N–H and O–H groups in total. The summed E-state index contributed by atoms with van der Waals surface area (Å²) in [6.07, 6.45) is 5.61. The first-order chi connectivity index (χ1) is 10.6. The van der Waals surface area contributed by atoms with Crippen molar-refractivity contribution in [2.24, 2.45) is 0 Å². The zero-order valence-corrected chi connectivity index (χ0v) is 14.4. The number of amides is 1. The number of hydrogen-bond acceptors (Lipinski definition) is 2. The van der Waals surface area contributed by atoms with E-state index in [4.69, 9.17) is 11.6 Å². The Bertz CT molecular complexity index is 484. The molecule has 1 aromatic rings. The molecule has 1 amide bonds. The smallest absolute Gasteiger partial charge is 0.221 e. The van der Waals surface area contributed by atoms with Crippen LogP contribution in [-0.4, -0.2) is 29.4 Å². The lowest BCUT2D eigenvalue weighted by Gasteiger charge is -2.29. The van der Waals surface area contributed by atoms with Crippen molar-refractivity contribution in [2.75, 3.05) is 6.54 Å². The third kappa shape index (κ3) is 5.29. The highest BCUT2D eigenvalue weighted by atomic mass is 35.5. The van der Waals surface area contributed by atoms with Crippen LogP contribution in [0.2, 0.25) is 5.02 Å². The van der Waals surface area contributed by atoms with Crippen LogP contribution in [0.15, 0.2) is 24.3 Å². The van der Waals surface area contributed by atoms with Crippen molar-refractivity contribution in [1.82, 2.24) is 10.2 Å². The average Bonchev–Trinajstić information content (AvgIpc) is 2.98. The number of hydrogen-bond donors (Lipinski definition) is 1. The number of carbonyl (C=O) groups is 1. The summed E-state index contributed by atoms with van der Waals surface area (Å²) in [6.45, 7) is 5.63. The van der Waals surface area contributed by atoms with E-state index < -0.39 is 0 Å². The minimum Gasteiger partial charge on any atom is -0.354 e. The Kier molecular flexibility index (Phi) is 6.71. The van der Waals surface area contributed by atoms with Gasteiger partial charge in [0.2, 0.25) is 5.91 Å².